The summed E-state index contributed by atoms with van der Waals surface area (Å²) in [5.74, 6) is 4.64. The lowest BCUT2D eigenvalue weighted by molar-refractivity contribution is -0.213. The Morgan fingerprint density at radius 2 is 1.40 bits per heavy atom. The minimum absolute atomic E-state index is 0.0925. The summed E-state index contributed by atoms with van der Waals surface area (Å²) in [5.41, 5.74) is 1.80. The van der Waals surface area contributed by atoms with Gasteiger partial charge in [-0.1, -0.05) is 47.1 Å². The highest BCUT2D eigenvalue weighted by atomic mass is 16.3. The van der Waals surface area contributed by atoms with E-state index in [0.717, 1.165) is 30.1 Å². The Bertz CT molecular complexity index is 651. The van der Waals surface area contributed by atoms with Crippen molar-refractivity contribution in [3.63, 3.8) is 0 Å². The van der Waals surface area contributed by atoms with Gasteiger partial charge < -0.3 is 5.11 Å². The molecule has 5 aliphatic rings. The number of rotatable bonds is 0. The highest BCUT2D eigenvalue weighted by molar-refractivity contribution is 5.14. The van der Waals surface area contributed by atoms with E-state index in [1.54, 1.807) is 6.08 Å². The summed E-state index contributed by atoms with van der Waals surface area (Å²) in [6.45, 7) is 18.0. The van der Waals surface area contributed by atoms with Crippen LogP contribution in [0.2, 0.25) is 0 Å². The van der Waals surface area contributed by atoms with E-state index in [-0.39, 0.29) is 11.5 Å². The molecule has 9 atom stereocenters. The lowest BCUT2D eigenvalue weighted by atomic mass is 9.36. The van der Waals surface area contributed by atoms with Crippen LogP contribution >= 0.6 is 0 Å². The van der Waals surface area contributed by atoms with E-state index in [0.29, 0.717) is 22.2 Å². The fourth-order valence-corrected chi connectivity index (χ4v) is 10.5. The molecule has 0 heterocycles. The van der Waals surface area contributed by atoms with Gasteiger partial charge in [-0.15, -0.1) is 6.58 Å². The summed E-state index contributed by atoms with van der Waals surface area (Å²) < 4.78 is 0. The SMILES string of the molecule is C=CC.CC12CCCC1C1CCC3C(C)(CCC4C(C)(C)C(O)CCC43C)C1CC2. The van der Waals surface area contributed by atoms with Crippen LogP contribution < -0.4 is 0 Å². The number of allylic oxidation sites excluding steroid dienone is 1. The minimum atomic E-state index is -0.0925. The molecule has 0 spiro atoms. The molecule has 0 bridgehead atoms. The first-order valence-corrected chi connectivity index (χ1v) is 13.3. The molecule has 30 heavy (non-hydrogen) atoms. The van der Waals surface area contributed by atoms with Crippen molar-refractivity contribution in [2.24, 2.45) is 51.2 Å². The Kier molecular flexibility index (Phi) is 5.82. The Morgan fingerprint density at radius 3 is 2.10 bits per heavy atom. The minimum Gasteiger partial charge on any atom is -0.393 e. The third kappa shape index (κ3) is 3.11. The van der Waals surface area contributed by atoms with Crippen LogP contribution in [0.3, 0.4) is 0 Å². The van der Waals surface area contributed by atoms with Gasteiger partial charge in [-0.25, -0.2) is 0 Å². The van der Waals surface area contributed by atoms with Crippen LogP contribution in [0.25, 0.3) is 0 Å². The molecule has 0 aliphatic heterocycles. The van der Waals surface area contributed by atoms with Crippen molar-refractivity contribution >= 4 is 0 Å². The second-order valence-corrected chi connectivity index (χ2v) is 13.5. The summed E-state index contributed by atoms with van der Waals surface area (Å²) in [6.07, 6.45) is 17.3. The van der Waals surface area contributed by atoms with Crippen molar-refractivity contribution in [1.29, 1.82) is 0 Å². The number of hydrogen-bond acceptors (Lipinski definition) is 1. The van der Waals surface area contributed by atoms with E-state index in [2.05, 4.69) is 41.2 Å². The molecule has 5 rings (SSSR count). The van der Waals surface area contributed by atoms with Crippen molar-refractivity contribution in [3.8, 4) is 0 Å². The Morgan fingerprint density at radius 1 is 0.733 bits per heavy atom. The van der Waals surface area contributed by atoms with Gasteiger partial charge in [-0.3, -0.25) is 0 Å². The Labute approximate surface area is 187 Å². The van der Waals surface area contributed by atoms with Gasteiger partial charge in [0.25, 0.3) is 0 Å². The first-order chi connectivity index (χ1) is 14.0. The largest absolute Gasteiger partial charge is 0.393 e. The number of aliphatic hydroxyl groups is 1. The van der Waals surface area contributed by atoms with Crippen LogP contribution in [0.5, 0.6) is 0 Å². The van der Waals surface area contributed by atoms with E-state index < -0.39 is 0 Å². The van der Waals surface area contributed by atoms with Crippen LogP contribution in [0.4, 0.5) is 0 Å². The van der Waals surface area contributed by atoms with E-state index in [1.165, 1.54) is 64.2 Å². The second kappa shape index (κ2) is 7.64. The van der Waals surface area contributed by atoms with Crippen LogP contribution in [-0.2, 0) is 0 Å². The van der Waals surface area contributed by atoms with E-state index >= 15 is 0 Å². The van der Waals surface area contributed by atoms with Gasteiger partial charge in [0.2, 0.25) is 0 Å². The molecule has 1 nitrogen and oxygen atoms in total. The predicted molar refractivity (Wildman–Crippen MR) is 128 cm³/mol. The van der Waals surface area contributed by atoms with E-state index in [9.17, 15) is 5.11 Å². The van der Waals surface area contributed by atoms with Crippen LogP contribution in [0, 0.1) is 51.2 Å². The van der Waals surface area contributed by atoms with Crippen molar-refractivity contribution in [1.82, 2.24) is 0 Å². The standard InChI is InChI=1S/C26H44O.C3H6/c1-23(2)20-11-15-25(4)19-10-14-24(3)13-6-7-18(24)17(19)8-9-21(25)26(20,5)16-12-22(23)27;1-3-2/h17-22,27H,6-16H2,1-5H3;3H,1H2,2H3. The number of hydrogen-bond donors (Lipinski definition) is 1. The molecule has 9 unspecified atom stereocenters. The molecule has 0 aromatic carbocycles. The average molecular weight is 415 g/mol. The van der Waals surface area contributed by atoms with E-state index in [4.69, 9.17) is 0 Å². The Hall–Kier alpha value is -0.300. The molecule has 0 aromatic rings. The Balaban J connectivity index is 0.000000687. The molecular formula is C29H50O. The lowest BCUT2D eigenvalue weighted by Crippen LogP contribution is -2.63. The summed E-state index contributed by atoms with van der Waals surface area (Å²) in [5, 5.41) is 10.8. The first-order valence-electron chi connectivity index (χ1n) is 13.3. The fourth-order valence-electron chi connectivity index (χ4n) is 10.5. The normalized spacial score (nSPS) is 53.8. The zero-order chi connectivity index (χ0) is 21.9. The summed E-state index contributed by atoms with van der Waals surface area (Å²) in [4.78, 5) is 0. The molecule has 1 heteroatoms. The van der Waals surface area contributed by atoms with Crippen LogP contribution in [0.15, 0.2) is 12.7 Å². The predicted octanol–water partition coefficient (Wildman–Crippen LogP) is 8.02. The molecule has 5 saturated carbocycles. The average Bonchev–Trinajstić information content (AvgIpc) is 3.07. The quantitative estimate of drug-likeness (QED) is 0.398. The monoisotopic (exact) mass is 414 g/mol. The van der Waals surface area contributed by atoms with Gasteiger partial charge in [0.05, 0.1) is 6.10 Å². The fraction of sp³-hybridized carbons (Fsp3) is 0.931. The maximum Gasteiger partial charge on any atom is 0.0594 e. The topological polar surface area (TPSA) is 20.2 Å². The maximum absolute atomic E-state index is 10.8. The third-order valence-corrected chi connectivity index (χ3v) is 11.9. The zero-order valence-electron chi connectivity index (χ0n) is 21.0. The van der Waals surface area contributed by atoms with Gasteiger partial charge in [0.1, 0.15) is 0 Å². The van der Waals surface area contributed by atoms with Crippen LogP contribution in [-0.4, -0.2) is 11.2 Å². The summed E-state index contributed by atoms with van der Waals surface area (Å²) >= 11 is 0. The summed E-state index contributed by atoms with van der Waals surface area (Å²) in [7, 11) is 0. The molecule has 0 amide bonds. The van der Waals surface area contributed by atoms with Gasteiger partial charge in [0.15, 0.2) is 0 Å². The van der Waals surface area contributed by atoms with Crippen molar-refractivity contribution in [2.45, 2.75) is 118 Å². The highest BCUT2D eigenvalue weighted by Gasteiger charge is 2.65. The number of fused-ring (bicyclic) bond motifs is 7. The van der Waals surface area contributed by atoms with Gasteiger partial charge in [-0.2, -0.15) is 0 Å². The smallest absolute Gasteiger partial charge is 0.0594 e. The summed E-state index contributed by atoms with van der Waals surface area (Å²) in [6, 6.07) is 0. The maximum atomic E-state index is 10.8. The van der Waals surface area contributed by atoms with Crippen molar-refractivity contribution in [2.75, 3.05) is 0 Å². The third-order valence-electron chi connectivity index (χ3n) is 11.9. The molecule has 1 N–H and O–H groups in total. The molecule has 172 valence electrons. The molecule has 0 radical (unpaired) electrons. The van der Waals surface area contributed by atoms with Crippen molar-refractivity contribution in [3.05, 3.63) is 12.7 Å². The molecule has 5 fully saturated rings. The lowest BCUT2D eigenvalue weighted by Gasteiger charge is -2.69. The number of aliphatic hydroxyl groups excluding tert-OH is 1. The van der Waals surface area contributed by atoms with Crippen LogP contribution in [0.1, 0.15) is 112 Å². The molecule has 0 saturated heterocycles. The first kappa shape index (κ1) is 22.9. The van der Waals surface area contributed by atoms with Gasteiger partial charge in [-0.05, 0) is 122 Å². The van der Waals surface area contributed by atoms with Gasteiger partial charge in [0, 0.05) is 0 Å². The molecular weight excluding hydrogens is 364 g/mol. The van der Waals surface area contributed by atoms with Crippen molar-refractivity contribution < 1.29 is 5.11 Å². The zero-order valence-corrected chi connectivity index (χ0v) is 21.0. The second-order valence-electron chi connectivity index (χ2n) is 13.5. The molecule has 5 aliphatic carbocycles. The van der Waals surface area contributed by atoms with Gasteiger partial charge >= 0.3 is 0 Å². The van der Waals surface area contributed by atoms with E-state index in [1.807, 2.05) is 6.92 Å². The molecule has 0 aromatic heterocycles. The highest BCUT2D eigenvalue weighted by Crippen LogP contribution is 2.72.